The summed E-state index contributed by atoms with van der Waals surface area (Å²) in [6.07, 6.45) is 3.26. The molecule has 0 aliphatic rings. The van der Waals surface area contributed by atoms with E-state index in [1.165, 1.54) is 0 Å². The summed E-state index contributed by atoms with van der Waals surface area (Å²) in [5, 5.41) is 13.4. The minimum Gasteiger partial charge on any atom is -0.379 e. The highest BCUT2D eigenvalue weighted by atomic mass is 16.6. The zero-order valence-electron chi connectivity index (χ0n) is 5.48. The molecule has 0 aliphatic carbocycles. The molecule has 0 radical (unpaired) electrons. The highest BCUT2D eigenvalue weighted by molar-refractivity contribution is 5.67. The number of hydrogen-bond donors (Lipinski definition) is 2. The summed E-state index contributed by atoms with van der Waals surface area (Å²) >= 11 is 0. The second-order valence-corrected chi connectivity index (χ2v) is 1.99. The van der Waals surface area contributed by atoms with Crippen LogP contribution in [0.15, 0.2) is 17.0 Å². The lowest BCUT2D eigenvalue weighted by molar-refractivity contribution is 0.310. The molecule has 0 spiro atoms. The summed E-state index contributed by atoms with van der Waals surface area (Å²) in [4.78, 5) is 0. The molecule has 0 unspecified atom stereocenters. The number of nitrogens with two attached hydrogens (primary N) is 1. The van der Waals surface area contributed by atoms with Crippen LogP contribution in [-0.4, -0.2) is 20.5 Å². The zero-order chi connectivity index (χ0) is 7.68. The lowest BCUT2D eigenvalue weighted by Gasteiger charge is -1.84. The molecule has 0 aliphatic heterocycles. The monoisotopic (exact) mass is 151 g/mol. The molecule has 2 heterocycles. The fourth-order valence-corrected chi connectivity index (χ4v) is 0.776. The van der Waals surface area contributed by atoms with E-state index in [0.29, 0.717) is 5.69 Å². The molecule has 11 heavy (non-hydrogen) atoms. The normalized spacial score (nSPS) is 10.2. The van der Waals surface area contributed by atoms with Crippen LogP contribution in [-0.2, 0) is 0 Å². The van der Waals surface area contributed by atoms with E-state index in [4.69, 9.17) is 5.73 Å². The van der Waals surface area contributed by atoms with Gasteiger partial charge in [0, 0.05) is 11.8 Å². The first-order valence-corrected chi connectivity index (χ1v) is 2.95. The molecule has 3 N–H and O–H groups in total. The molecule has 6 heteroatoms. The van der Waals surface area contributed by atoms with E-state index in [1.54, 1.807) is 12.4 Å². The molecule has 0 bridgehead atoms. The molecule has 2 rings (SSSR count). The highest BCUT2D eigenvalue weighted by Gasteiger charge is 2.08. The summed E-state index contributed by atoms with van der Waals surface area (Å²) in [7, 11) is 0. The van der Waals surface area contributed by atoms with Crippen LogP contribution >= 0.6 is 0 Å². The van der Waals surface area contributed by atoms with Crippen molar-refractivity contribution >= 4 is 5.82 Å². The van der Waals surface area contributed by atoms with Gasteiger partial charge < -0.3 is 5.73 Å². The standard InChI is InChI=1S/C5H5N5O/c6-5-4(9-11-10-5)3-1-7-8-2-3/h1-2H,(H2,6,10)(H,7,8). The van der Waals surface area contributed by atoms with E-state index < -0.39 is 0 Å². The smallest absolute Gasteiger partial charge is 0.196 e. The van der Waals surface area contributed by atoms with Gasteiger partial charge in [-0.15, -0.1) is 0 Å². The topological polar surface area (TPSA) is 93.6 Å². The van der Waals surface area contributed by atoms with Crippen molar-refractivity contribution in [3.8, 4) is 11.3 Å². The third kappa shape index (κ3) is 0.841. The van der Waals surface area contributed by atoms with Crippen molar-refractivity contribution in [3.63, 3.8) is 0 Å². The van der Waals surface area contributed by atoms with Gasteiger partial charge in [0.15, 0.2) is 11.5 Å². The van der Waals surface area contributed by atoms with Gasteiger partial charge in [0.1, 0.15) is 0 Å². The predicted molar refractivity (Wildman–Crippen MR) is 36.3 cm³/mol. The van der Waals surface area contributed by atoms with Crippen LogP contribution in [0.2, 0.25) is 0 Å². The summed E-state index contributed by atoms with van der Waals surface area (Å²) < 4.78 is 4.40. The quantitative estimate of drug-likeness (QED) is 0.600. The Balaban J connectivity index is 2.53. The Morgan fingerprint density at radius 2 is 2.36 bits per heavy atom. The zero-order valence-corrected chi connectivity index (χ0v) is 5.48. The molecule has 0 fully saturated rings. The first kappa shape index (κ1) is 5.90. The fourth-order valence-electron chi connectivity index (χ4n) is 0.776. The van der Waals surface area contributed by atoms with E-state index >= 15 is 0 Å². The second-order valence-electron chi connectivity index (χ2n) is 1.99. The summed E-state index contributed by atoms with van der Waals surface area (Å²) in [6.45, 7) is 0. The molecular formula is C5H5N5O. The maximum absolute atomic E-state index is 5.42. The molecule has 0 amide bonds. The molecule has 0 saturated carbocycles. The lowest BCUT2D eigenvalue weighted by atomic mass is 10.3. The number of H-pyrrole nitrogens is 1. The number of nitrogens with one attached hydrogen (secondary N) is 1. The second kappa shape index (κ2) is 2.08. The Morgan fingerprint density at radius 1 is 1.45 bits per heavy atom. The van der Waals surface area contributed by atoms with Crippen molar-refractivity contribution in [3.05, 3.63) is 12.4 Å². The van der Waals surface area contributed by atoms with Crippen molar-refractivity contribution in [2.24, 2.45) is 0 Å². The van der Waals surface area contributed by atoms with Crippen molar-refractivity contribution in [2.75, 3.05) is 5.73 Å². The SMILES string of the molecule is Nc1nonc1-c1cn[nH]c1. The molecular weight excluding hydrogens is 146 g/mol. The number of rotatable bonds is 1. The molecule has 0 atom stereocenters. The number of anilines is 1. The average molecular weight is 151 g/mol. The number of aromatic amines is 1. The minimum atomic E-state index is 0.270. The Bertz CT molecular complexity index is 337. The molecule has 56 valence electrons. The summed E-state index contributed by atoms with van der Waals surface area (Å²) in [5.74, 6) is 0.270. The first-order valence-electron chi connectivity index (χ1n) is 2.95. The summed E-state index contributed by atoms with van der Waals surface area (Å²) in [5.41, 5.74) is 6.70. The van der Waals surface area contributed by atoms with E-state index in [9.17, 15) is 0 Å². The minimum absolute atomic E-state index is 0.270. The number of nitrogen functional groups attached to an aromatic ring is 1. The van der Waals surface area contributed by atoms with Crippen LogP contribution in [0, 0.1) is 0 Å². The molecule has 2 aromatic heterocycles. The van der Waals surface area contributed by atoms with Crippen molar-refractivity contribution < 1.29 is 4.63 Å². The van der Waals surface area contributed by atoms with E-state index in [1.807, 2.05) is 0 Å². The lowest BCUT2D eigenvalue weighted by Crippen LogP contribution is -1.86. The van der Waals surface area contributed by atoms with Crippen LogP contribution < -0.4 is 5.73 Å². The molecule has 6 nitrogen and oxygen atoms in total. The van der Waals surface area contributed by atoms with Crippen LogP contribution in [0.25, 0.3) is 11.3 Å². The third-order valence-electron chi connectivity index (χ3n) is 1.29. The third-order valence-corrected chi connectivity index (χ3v) is 1.29. The van der Waals surface area contributed by atoms with Gasteiger partial charge in [0.25, 0.3) is 0 Å². The Kier molecular flexibility index (Phi) is 1.12. The van der Waals surface area contributed by atoms with Gasteiger partial charge in [0.05, 0.1) is 6.20 Å². The Hall–Kier alpha value is -1.85. The van der Waals surface area contributed by atoms with E-state index in [-0.39, 0.29) is 5.82 Å². The van der Waals surface area contributed by atoms with Crippen LogP contribution in [0.5, 0.6) is 0 Å². The molecule has 2 aromatic rings. The first-order chi connectivity index (χ1) is 5.38. The van der Waals surface area contributed by atoms with Gasteiger partial charge in [-0.05, 0) is 10.3 Å². The number of nitrogens with zero attached hydrogens (tertiary/aromatic N) is 3. The summed E-state index contributed by atoms with van der Waals surface area (Å²) in [6, 6.07) is 0. The van der Waals surface area contributed by atoms with Crippen LogP contribution in [0.3, 0.4) is 0 Å². The van der Waals surface area contributed by atoms with Gasteiger partial charge in [-0.2, -0.15) is 5.10 Å². The van der Waals surface area contributed by atoms with Gasteiger partial charge >= 0.3 is 0 Å². The maximum Gasteiger partial charge on any atom is 0.196 e. The molecule has 0 aromatic carbocycles. The van der Waals surface area contributed by atoms with Crippen molar-refractivity contribution in [1.29, 1.82) is 0 Å². The van der Waals surface area contributed by atoms with E-state index in [0.717, 1.165) is 5.56 Å². The molecule has 0 saturated heterocycles. The maximum atomic E-state index is 5.42. The van der Waals surface area contributed by atoms with Crippen LogP contribution in [0.4, 0.5) is 5.82 Å². The highest BCUT2D eigenvalue weighted by Crippen LogP contribution is 2.19. The van der Waals surface area contributed by atoms with Gasteiger partial charge in [-0.3, -0.25) is 5.10 Å². The number of aromatic nitrogens is 4. The fraction of sp³-hybridized carbons (Fsp3) is 0. The van der Waals surface area contributed by atoms with Gasteiger partial charge in [0.2, 0.25) is 0 Å². The Labute approximate surface area is 61.4 Å². The largest absolute Gasteiger partial charge is 0.379 e. The van der Waals surface area contributed by atoms with Gasteiger partial charge in [-0.25, -0.2) is 4.63 Å². The predicted octanol–water partition coefficient (Wildman–Crippen LogP) is 0.0419. The Morgan fingerprint density at radius 3 is 2.91 bits per heavy atom. The van der Waals surface area contributed by atoms with Crippen LogP contribution in [0.1, 0.15) is 0 Å². The van der Waals surface area contributed by atoms with Crippen molar-refractivity contribution in [2.45, 2.75) is 0 Å². The van der Waals surface area contributed by atoms with Gasteiger partial charge in [-0.1, -0.05) is 0 Å². The number of hydrogen-bond acceptors (Lipinski definition) is 5. The average Bonchev–Trinajstić information content (AvgIpc) is 2.55. The van der Waals surface area contributed by atoms with Crippen molar-refractivity contribution in [1.82, 2.24) is 20.5 Å². The van der Waals surface area contributed by atoms with E-state index in [2.05, 4.69) is 25.1 Å².